The number of aryl methyl sites for hydroxylation is 1. The molecule has 1 aliphatic rings. The van der Waals surface area contributed by atoms with Crippen LogP contribution in [0, 0.1) is 6.92 Å². The Morgan fingerprint density at radius 3 is 2.75 bits per heavy atom. The number of sulfone groups is 1. The van der Waals surface area contributed by atoms with Crippen molar-refractivity contribution in [3.63, 3.8) is 0 Å². The molecule has 1 aliphatic heterocycles. The van der Waals surface area contributed by atoms with E-state index in [0.717, 1.165) is 29.7 Å². The molecule has 0 fully saturated rings. The molecular weight excluding hydrogens is 222 g/mol. The van der Waals surface area contributed by atoms with Gasteiger partial charge in [-0.15, -0.1) is 0 Å². The van der Waals surface area contributed by atoms with Gasteiger partial charge in [-0.05, 0) is 44.1 Å². The largest absolute Gasteiger partial charge is 0.319 e. The number of nitrogens with one attached hydrogen (secondary N) is 1. The molecule has 0 atom stereocenters. The Morgan fingerprint density at radius 1 is 1.31 bits per heavy atom. The molecule has 0 spiro atoms. The van der Waals surface area contributed by atoms with Gasteiger partial charge >= 0.3 is 0 Å². The molecule has 0 amide bonds. The van der Waals surface area contributed by atoms with Gasteiger partial charge in [-0.25, -0.2) is 8.42 Å². The quantitative estimate of drug-likeness (QED) is 0.871. The maximum Gasteiger partial charge on any atom is 0.200 e. The van der Waals surface area contributed by atoms with Crippen LogP contribution in [0.1, 0.15) is 17.5 Å². The topological polar surface area (TPSA) is 46.2 Å². The van der Waals surface area contributed by atoms with Gasteiger partial charge in [0.25, 0.3) is 0 Å². The van der Waals surface area contributed by atoms with Crippen LogP contribution in [0.15, 0.2) is 28.5 Å². The summed E-state index contributed by atoms with van der Waals surface area (Å²) in [5.74, 6) is 0. The van der Waals surface area contributed by atoms with E-state index in [1.807, 2.05) is 26.1 Å². The lowest BCUT2D eigenvalue weighted by molar-refractivity contribution is 0.605. The minimum atomic E-state index is -3.19. The van der Waals surface area contributed by atoms with Crippen molar-refractivity contribution in [1.82, 2.24) is 5.32 Å². The van der Waals surface area contributed by atoms with Crippen molar-refractivity contribution in [2.45, 2.75) is 18.2 Å². The SMILES string of the molecule is CNCCC1=CS(=O)(=O)c2ccc(C)cc21. The zero-order valence-corrected chi connectivity index (χ0v) is 10.3. The third-order valence-electron chi connectivity index (χ3n) is 2.73. The van der Waals surface area contributed by atoms with Crippen LogP contribution in [0.3, 0.4) is 0 Å². The van der Waals surface area contributed by atoms with Crippen molar-refractivity contribution in [1.29, 1.82) is 0 Å². The van der Waals surface area contributed by atoms with Gasteiger partial charge in [0.1, 0.15) is 0 Å². The fraction of sp³-hybridized carbons (Fsp3) is 0.333. The first kappa shape index (κ1) is 11.4. The smallest absolute Gasteiger partial charge is 0.200 e. The zero-order valence-electron chi connectivity index (χ0n) is 9.45. The average Bonchev–Trinajstić information content (AvgIpc) is 2.47. The Hall–Kier alpha value is -1.13. The molecule has 3 nitrogen and oxygen atoms in total. The normalized spacial score (nSPS) is 17.0. The minimum Gasteiger partial charge on any atom is -0.319 e. The summed E-state index contributed by atoms with van der Waals surface area (Å²) in [5.41, 5.74) is 2.87. The summed E-state index contributed by atoms with van der Waals surface area (Å²) < 4.78 is 23.7. The lowest BCUT2D eigenvalue weighted by Gasteiger charge is -2.05. The number of hydrogen-bond donors (Lipinski definition) is 1. The average molecular weight is 237 g/mol. The highest BCUT2D eigenvalue weighted by molar-refractivity contribution is 7.95. The highest BCUT2D eigenvalue weighted by atomic mass is 32.2. The van der Waals surface area contributed by atoms with Gasteiger partial charge in [-0.2, -0.15) is 0 Å². The monoisotopic (exact) mass is 237 g/mol. The molecule has 86 valence electrons. The lowest BCUT2D eigenvalue weighted by Crippen LogP contribution is -2.07. The molecule has 1 heterocycles. The second-order valence-corrected chi connectivity index (χ2v) is 5.81. The van der Waals surface area contributed by atoms with E-state index in [1.165, 1.54) is 5.41 Å². The summed E-state index contributed by atoms with van der Waals surface area (Å²) >= 11 is 0. The van der Waals surface area contributed by atoms with Crippen LogP contribution in [0.25, 0.3) is 5.57 Å². The second-order valence-electron chi connectivity index (χ2n) is 4.04. The molecule has 0 aliphatic carbocycles. The Balaban J connectivity index is 2.49. The van der Waals surface area contributed by atoms with E-state index in [0.29, 0.717) is 4.90 Å². The minimum absolute atomic E-state index is 0.448. The van der Waals surface area contributed by atoms with Crippen LogP contribution in [0.2, 0.25) is 0 Å². The van der Waals surface area contributed by atoms with Crippen LogP contribution < -0.4 is 5.32 Å². The third kappa shape index (κ3) is 1.90. The van der Waals surface area contributed by atoms with Crippen LogP contribution in [-0.4, -0.2) is 22.0 Å². The molecule has 2 rings (SSSR count). The maximum atomic E-state index is 11.8. The van der Waals surface area contributed by atoms with Crippen LogP contribution in [0.5, 0.6) is 0 Å². The van der Waals surface area contributed by atoms with E-state index in [1.54, 1.807) is 6.07 Å². The first-order valence-corrected chi connectivity index (χ1v) is 6.80. The van der Waals surface area contributed by atoms with Gasteiger partial charge in [0, 0.05) is 5.41 Å². The molecule has 16 heavy (non-hydrogen) atoms. The van der Waals surface area contributed by atoms with E-state index in [2.05, 4.69) is 5.32 Å². The molecule has 0 radical (unpaired) electrons. The molecule has 0 saturated heterocycles. The van der Waals surface area contributed by atoms with Crippen molar-refractivity contribution in [3.8, 4) is 0 Å². The van der Waals surface area contributed by atoms with Crippen molar-refractivity contribution in [2.75, 3.05) is 13.6 Å². The van der Waals surface area contributed by atoms with Crippen LogP contribution >= 0.6 is 0 Å². The van der Waals surface area contributed by atoms with E-state index >= 15 is 0 Å². The van der Waals surface area contributed by atoms with Gasteiger partial charge in [-0.3, -0.25) is 0 Å². The summed E-state index contributed by atoms with van der Waals surface area (Å²) in [4.78, 5) is 0.448. The Bertz CT molecular complexity index is 544. The lowest BCUT2D eigenvalue weighted by atomic mass is 10.0. The number of hydrogen-bond acceptors (Lipinski definition) is 3. The fourth-order valence-corrected chi connectivity index (χ4v) is 3.41. The maximum absolute atomic E-state index is 11.8. The fourth-order valence-electron chi connectivity index (χ4n) is 1.91. The third-order valence-corrected chi connectivity index (χ3v) is 4.29. The van der Waals surface area contributed by atoms with E-state index in [9.17, 15) is 8.42 Å². The van der Waals surface area contributed by atoms with E-state index in [4.69, 9.17) is 0 Å². The van der Waals surface area contributed by atoms with Crippen LogP contribution in [0.4, 0.5) is 0 Å². The Kier molecular flexibility index (Phi) is 2.86. The summed E-state index contributed by atoms with van der Waals surface area (Å²) in [6.45, 7) is 2.76. The molecule has 1 N–H and O–H groups in total. The van der Waals surface area contributed by atoms with Gasteiger partial charge in [0.05, 0.1) is 4.90 Å². The van der Waals surface area contributed by atoms with Crippen molar-refractivity contribution in [2.24, 2.45) is 0 Å². The summed E-state index contributed by atoms with van der Waals surface area (Å²) in [6, 6.07) is 5.48. The standard InChI is InChI=1S/C12H15NO2S/c1-9-3-4-12-11(7-9)10(5-6-13-2)8-16(12,14)15/h3-4,7-8,13H,5-6H2,1-2H3. The van der Waals surface area contributed by atoms with Crippen molar-refractivity contribution < 1.29 is 8.42 Å². The first-order chi connectivity index (χ1) is 7.54. The predicted molar refractivity (Wildman–Crippen MR) is 64.9 cm³/mol. The van der Waals surface area contributed by atoms with E-state index in [-0.39, 0.29) is 0 Å². The summed E-state index contributed by atoms with van der Waals surface area (Å²) in [6.07, 6.45) is 0.742. The van der Waals surface area contributed by atoms with Crippen molar-refractivity contribution >= 4 is 15.4 Å². The first-order valence-electron chi connectivity index (χ1n) is 5.26. The highest BCUT2D eigenvalue weighted by Crippen LogP contribution is 2.35. The van der Waals surface area contributed by atoms with Crippen LogP contribution in [-0.2, 0) is 9.84 Å². The van der Waals surface area contributed by atoms with E-state index < -0.39 is 9.84 Å². The highest BCUT2D eigenvalue weighted by Gasteiger charge is 2.26. The molecule has 0 bridgehead atoms. The molecule has 0 saturated carbocycles. The summed E-state index contributed by atoms with van der Waals surface area (Å²) in [5, 5.41) is 4.43. The Morgan fingerprint density at radius 2 is 2.06 bits per heavy atom. The van der Waals surface area contributed by atoms with Gasteiger partial charge in [0.2, 0.25) is 9.84 Å². The van der Waals surface area contributed by atoms with Gasteiger partial charge < -0.3 is 5.32 Å². The molecule has 0 unspecified atom stereocenters. The predicted octanol–water partition coefficient (Wildman–Crippen LogP) is 1.73. The number of rotatable bonds is 3. The molecule has 0 aromatic heterocycles. The summed E-state index contributed by atoms with van der Waals surface area (Å²) in [7, 11) is -1.33. The molecular formula is C12H15NO2S. The molecule has 1 aromatic rings. The van der Waals surface area contributed by atoms with Gasteiger partial charge in [-0.1, -0.05) is 17.7 Å². The van der Waals surface area contributed by atoms with Crippen molar-refractivity contribution in [3.05, 3.63) is 34.7 Å². The number of fused-ring (bicyclic) bond motifs is 1. The molecule has 4 heteroatoms. The van der Waals surface area contributed by atoms with Gasteiger partial charge in [0.15, 0.2) is 0 Å². The Labute approximate surface area is 96.1 Å². The number of benzene rings is 1. The molecule has 1 aromatic carbocycles. The zero-order chi connectivity index (χ0) is 11.8. The second kappa shape index (κ2) is 4.03.